The predicted octanol–water partition coefficient (Wildman–Crippen LogP) is 2.48. The Bertz CT molecular complexity index is 417. The highest BCUT2D eigenvalue weighted by atomic mass is 16.5. The average molecular weight is 276 g/mol. The molecule has 1 aliphatic heterocycles. The van der Waals surface area contributed by atoms with Gasteiger partial charge in [-0.05, 0) is 63.6 Å². The van der Waals surface area contributed by atoms with Crippen molar-refractivity contribution in [1.29, 1.82) is 0 Å². The van der Waals surface area contributed by atoms with Gasteiger partial charge in [0.25, 0.3) is 0 Å². The van der Waals surface area contributed by atoms with Crippen LogP contribution in [0.2, 0.25) is 0 Å². The molecule has 1 N–H and O–H groups in total. The fraction of sp³-hybridized carbons (Fsp3) is 0.647. The van der Waals surface area contributed by atoms with E-state index in [9.17, 15) is 0 Å². The highest BCUT2D eigenvalue weighted by molar-refractivity contribution is 5.39. The van der Waals surface area contributed by atoms with Crippen molar-refractivity contribution in [3.8, 4) is 5.75 Å². The van der Waals surface area contributed by atoms with E-state index in [4.69, 9.17) is 4.74 Å². The van der Waals surface area contributed by atoms with Gasteiger partial charge in [0.2, 0.25) is 0 Å². The maximum absolute atomic E-state index is 5.56. The van der Waals surface area contributed by atoms with Crippen molar-refractivity contribution < 1.29 is 4.74 Å². The third-order valence-electron chi connectivity index (χ3n) is 3.95. The Morgan fingerprint density at radius 2 is 2.15 bits per heavy atom. The van der Waals surface area contributed by atoms with Crippen molar-refractivity contribution in [2.45, 2.75) is 38.6 Å². The van der Waals surface area contributed by atoms with Crippen molar-refractivity contribution in [1.82, 2.24) is 10.2 Å². The molecule has 1 heterocycles. The maximum atomic E-state index is 5.56. The average Bonchev–Trinajstić information content (AvgIpc) is 2.89. The number of aryl methyl sites for hydroxylation is 1. The van der Waals surface area contributed by atoms with Gasteiger partial charge >= 0.3 is 0 Å². The molecule has 112 valence electrons. The smallest absolute Gasteiger partial charge is 0.122 e. The first-order chi connectivity index (χ1) is 9.69. The number of fused-ring (bicyclic) bond motifs is 1. The van der Waals surface area contributed by atoms with Crippen molar-refractivity contribution in [3.05, 3.63) is 29.3 Å². The first-order valence-electron chi connectivity index (χ1n) is 7.81. The number of hydrogen-bond donors (Lipinski definition) is 1. The molecule has 1 aromatic rings. The summed E-state index contributed by atoms with van der Waals surface area (Å²) in [4.78, 5) is 2.26. The van der Waals surface area contributed by atoms with Crippen LogP contribution in [0.5, 0.6) is 5.75 Å². The molecule has 1 unspecified atom stereocenters. The minimum Gasteiger partial charge on any atom is -0.493 e. The Balaban J connectivity index is 1.85. The van der Waals surface area contributed by atoms with Gasteiger partial charge in [0.15, 0.2) is 0 Å². The lowest BCUT2D eigenvalue weighted by Gasteiger charge is -2.20. The largest absolute Gasteiger partial charge is 0.493 e. The van der Waals surface area contributed by atoms with Crippen molar-refractivity contribution in [3.63, 3.8) is 0 Å². The second-order valence-corrected chi connectivity index (χ2v) is 5.93. The Morgan fingerprint density at radius 1 is 1.30 bits per heavy atom. The van der Waals surface area contributed by atoms with E-state index in [1.165, 1.54) is 24.0 Å². The fourth-order valence-corrected chi connectivity index (χ4v) is 2.79. The second-order valence-electron chi connectivity index (χ2n) is 5.93. The van der Waals surface area contributed by atoms with Gasteiger partial charge in [-0.15, -0.1) is 0 Å². The quantitative estimate of drug-likeness (QED) is 0.789. The zero-order chi connectivity index (χ0) is 14.4. The summed E-state index contributed by atoms with van der Waals surface area (Å²) >= 11 is 0. The summed E-state index contributed by atoms with van der Waals surface area (Å²) in [5.74, 6) is 1.09. The number of rotatable bonds is 8. The normalized spacial score (nSPS) is 15.2. The van der Waals surface area contributed by atoms with Crippen LogP contribution in [0.25, 0.3) is 0 Å². The molecule has 3 heteroatoms. The van der Waals surface area contributed by atoms with Gasteiger partial charge in [0.05, 0.1) is 6.61 Å². The lowest BCUT2D eigenvalue weighted by molar-refractivity contribution is 0.351. The first kappa shape index (κ1) is 15.3. The molecule has 0 bridgehead atoms. The van der Waals surface area contributed by atoms with Gasteiger partial charge in [0.1, 0.15) is 5.75 Å². The van der Waals surface area contributed by atoms with Crippen LogP contribution in [0.4, 0.5) is 0 Å². The second kappa shape index (κ2) is 7.65. The minimum absolute atomic E-state index is 0.618. The zero-order valence-corrected chi connectivity index (χ0v) is 13.1. The highest BCUT2D eigenvalue weighted by Crippen LogP contribution is 2.26. The molecular formula is C17H28N2O. The summed E-state index contributed by atoms with van der Waals surface area (Å²) in [5.41, 5.74) is 2.83. The molecule has 0 radical (unpaired) electrons. The van der Waals surface area contributed by atoms with Gasteiger partial charge in [-0.3, -0.25) is 0 Å². The van der Waals surface area contributed by atoms with Crippen LogP contribution in [0.15, 0.2) is 18.2 Å². The molecule has 0 saturated heterocycles. The van der Waals surface area contributed by atoms with Gasteiger partial charge in [0, 0.05) is 12.5 Å². The van der Waals surface area contributed by atoms with Crippen molar-refractivity contribution >= 4 is 0 Å². The van der Waals surface area contributed by atoms with Crippen LogP contribution in [-0.4, -0.2) is 44.7 Å². The van der Waals surface area contributed by atoms with Crippen LogP contribution in [0, 0.1) is 0 Å². The van der Waals surface area contributed by atoms with E-state index in [2.05, 4.69) is 49.4 Å². The molecule has 3 nitrogen and oxygen atoms in total. The molecular weight excluding hydrogens is 248 g/mol. The molecule has 1 aromatic carbocycles. The van der Waals surface area contributed by atoms with Crippen LogP contribution < -0.4 is 10.1 Å². The van der Waals surface area contributed by atoms with Gasteiger partial charge in [-0.1, -0.05) is 19.1 Å². The third kappa shape index (κ3) is 4.50. The SMILES string of the molecule is CCNC(CCc1ccc2c(c1)CCO2)CCN(C)C. The van der Waals surface area contributed by atoms with Crippen LogP contribution >= 0.6 is 0 Å². The Kier molecular flexibility index (Phi) is 5.86. The van der Waals surface area contributed by atoms with E-state index in [-0.39, 0.29) is 0 Å². The van der Waals surface area contributed by atoms with Gasteiger partial charge in [-0.25, -0.2) is 0 Å². The van der Waals surface area contributed by atoms with Crippen LogP contribution in [0.1, 0.15) is 30.9 Å². The standard InChI is InChI=1S/C17H28N2O/c1-4-18-16(9-11-19(2)3)7-5-14-6-8-17-15(13-14)10-12-20-17/h6,8,13,16,18H,4-5,7,9-12H2,1-3H3. The number of benzene rings is 1. The topological polar surface area (TPSA) is 24.5 Å². The zero-order valence-electron chi connectivity index (χ0n) is 13.1. The van der Waals surface area contributed by atoms with Crippen molar-refractivity contribution in [2.75, 3.05) is 33.8 Å². The number of hydrogen-bond acceptors (Lipinski definition) is 3. The van der Waals surface area contributed by atoms with Gasteiger partial charge < -0.3 is 15.0 Å². The Hall–Kier alpha value is -1.06. The molecule has 0 aromatic heterocycles. The molecule has 0 aliphatic carbocycles. The van der Waals surface area contributed by atoms with E-state index in [1.807, 2.05) is 0 Å². The molecule has 20 heavy (non-hydrogen) atoms. The summed E-state index contributed by atoms with van der Waals surface area (Å²) < 4.78 is 5.56. The van der Waals surface area contributed by atoms with E-state index >= 15 is 0 Å². The molecule has 1 aliphatic rings. The minimum atomic E-state index is 0.618. The summed E-state index contributed by atoms with van der Waals surface area (Å²) in [6.07, 6.45) is 4.65. The van der Waals surface area contributed by atoms with Crippen molar-refractivity contribution in [2.24, 2.45) is 0 Å². The molecule has 0 spiro atoms. The molecule has 0 amide bonds. The summed E-state index contributed by atoms with van der Waals surface area (Å²) in [5, 5.41) is 3.61. The predicted molar refractivity (Wildman–Crippen MR) is 84.6 cm³/mol. The highest BCUT2D eigenvalue weighted by Gasteiger charge is 2.13. The molecule has 0 saturated carbocycles. The fourth-order valence-electron chi connectivity index (χ4n) is 2.79. The maximum Gasteiger partial charge on any atom is 0.122 e. The van der Waals surface area contributed by atoms with E-state index in [1.54, 1.807) is 0 Å². The third-order valence-corrected chi connectivity index (χ3v) is 3.95. The molecule has 0 fully saturated rings. The summed E-state index contributed by atoms with van der Waals surface area (Å²) in [6, 6.07) is 7.31. The summed E-state index contributed by atoms with van der Waals surface area (Å²) in [6.45, 7) is 5.24. The van der Waals surface area contributed by atoms with E-state index in [0.717, 1.165) is 38.3 Å². The Labute approximate surface area is 123 Å². The summed E-state index contributed by atoms with van der Waals surface area (Å²) in [7, 11) is 4.28. The lowest BCUT2D eigenvalue weighted by atomic mass is 10.0. The van der Waals surface area contributed by atoms with E-state index < -0.39 is 0 Å². The van der Waals surface area contributed by atoms with Crippen LogP contribution in [-0.2, 0) is 12.8 Å². The number of ether oxygens (including phenoxy) is 1. The number of nitrogens with zero attached hydrogens (tertiary/aromatic N) is 1. The Morgan fingerprint density at radius 3 is 2.90 bits per heavy atom. The number of nitrogens with one attached hydrogen (secondary N) is 1. The van der Waals surface area contributed by atoms with Crippen LogP contribution in [0.3, 0.4) is 0 Å². The lowest BCUT2D eigenvalue weighted by Crippen LogP contribution is -2.32. The molecule has 2 rings (SSSR count). The monoisotopic (exact) mass is 276 g/mol. The van der Waals surface area contributed by atoms with E-state index in [0.29, 0.717) is 6.04 Å². The molecule has 1 atom stereocenters. The first-order valence-corrected chi connectivity index (χ1v) is 7.81. The van der Waals surface area contributed by atoms with Gasteiger partial charge in [-0.2, -0.15) is 0 Å².